The average Bonchev–Trinajstić information content (AvgIpc) is 2.58. The second-order valence-corrected chi connectivity index (χ2v) is 7.96. The van der Waals surface area contributed by atoms with Gasteiger partial charge < -0.3 is 15.1 Å². The zero-order valence-electron chi connectivity index (χ0n) is 15.4. The Kier molecular flexibility index (Phi) is 9.50. The molecule has 0 radical (unpaired) electrons. The van der Waals surface area contributed by atoms with Crippen molar-refractivity contribution in [2.75, 3.05) is 50.4 Å². The number of sulfonamides is 1. The minimum absolute atomic E-state index is 0. The quantitative estimate of drug-likeness (QED) is 0.327. The van der Waals surface area contributed by atoms with Crippen molar-refractivity contribution in [2.45, 2.75) is 19.9 Å². The molecule has 1 aliphatic heterocycles. The first kappa shape index (κ1) is 22.8. The van der Waals surface area contributed by atoms with E-state index in [9.17, 15) is 8.42 Å². The molecule has 1 saturated heterocycles. The normalized spacial score (nSPS) is 15.8. The molecule has 1 aromatic rings. The largest absolute Gasteiger partial charge is 0.355 e. The number of aliphatic imine (C=N–C) groups is 1. The highest BCUT2D eigenvalue weighted by atomic mass is 127. The minimum atomic E-state index is -3.27. The molecule has 2 rings (SSSR count). The SMILES string of the molecule is CN=C(NCCS(=O)(=O)NC(C)C)N1CCN(c2ncccn2)CC1.I. The maximum absolute atomic E-state index is 11.9. The van der Waals surface area contributed by atoms with Gasteiger partial charge >= 0.3 is 0 Å². The summed E-state index contributed by atoms with van der Waals surface area (Å²) < 4.78 is 26.3. The molecule has 26 heavy (non-hydrogen) atoms. The van der Waals surface area contributed by atoms with Gasteiger partial charge in [-0.15, -0.1) is 24.0 Å². The fourth-order valence-corrected chi connectivity index (χ4v) is 3.83. The van der Waals surface area contributed by atoms with E-state index in [1.54, 1.807) is 39.4 Å². The molecule has 0 aliphatic carbocycles. The molecule has 0 spiro atoms. The number of guanidine groups is 1. The summed E-state index contributed by atoms with van der Waals surface area (Å²) in [6, 6.07) is 1.70. The first-order chi connectivity index (χ1) is 11.9. The number of hydrogen-bond acceptors (Lipinski definition) is 6. The monoisotopic (exact) mass is 497 g/mol. The molecule has 148 valence electrons. The first-order valence-corrected chi connectivity index (χ1v) is 10.0. The number of nitrogens with one attached hydrogen (secondary N) is 2. The van der Waals surface area contributed by atoms with E-state index in [0.717, 1.165) is 32.1 Å². The highest BCUT2D eigenvalue weighted by Crippen LogP contribution is 2.09. The number of rotatable bonds is 6. The summed E-state index contributed by atoms with van der Waals surface area (Å²) in [6.07, 6.45) is 3.47. The van der Waals surface area contributed by atoms with Crippen molar-refractivity contribution in [3.05, 3.63) is 18.5 Å². The third kappa shape index (κ3) is 7.19. The molecule has 11 heteroatoms. The minimum Gasteiger partial charge on any atom is -0.355 e. The van der Waals surface area contributed by atoms with Crippen LogP contribution in [0.25, 0.3) is 0 Å². The molecule has 1 fully saturated rings. The van der Waals surface area contributed by atoms with E-state index in [2.05, 4.69) is 34.8 Å². The molecule has 0 saturated carbocycles. The van der Waals surface area contributed by atoms with Gasteiger partial charge in [-0.3, -0.25) is 4.99 Å². The van der Waals surface area contributed by atoms with E-state index < -0.39 is 10.0 Å². The Morgan fingerprint density at radius 1 is 1.23 bits per heavy atom. The fourth-order valence-electron chi connectivity index (χ4n) is 2.62. The van der Waals surface area contributed by atoms with Crippen LogP contribution >= 0.6 is 24.0 Å². The van der Waals surface area contributed by atoms with Crippen LogP contribution in [0.4, 0.5) is 5.95 Å². The maximum atomic E-state index is 11.9. The van der Waals surface area contributed by atoms with Gasteiger partial charge in [-0.05, 0) is 19.9 Å². The smallest absolute Gasteiger partial charge is 0.225 e. The van der Waals surface area contributed by atoms with Crippen molar-refractivity contribution in [1.29, 1.82) is 0 Å². The lowest BCUT2D eigenvalue weighted by Gasteiger charge is -2.36. The molecular formula is C15H28IN7O2S. The van der Waals surface area contributed by atoms with Gasteiger partial charge in [0.25, 0.3) is 0 Å². The standard InChI is InChI=1S/C15H27N7O2S.HI/c1-13(2)20-25(23,24)12-7-19-14(16-3)21-8-10-22(11-9-21)15-17-5-4-6-18-15;/h4-6,13,20H,7-12H2,1-3H3,(H,16,19);1H. The summed E-state index contributed by atoms with van der Waals surface area (Å²) in [4.78, 5) is 17.0. The number of hydrogen-bond donors (Lipinski definition) is 2. The number of aromatic nitrogens is 2. The van der Waals surface area contributed by atoms with Crippen molar-refractivity contribution in [2.24, 2.45) is 4.99 Å². The van der Waals surface area contributed by atoms with E-state index in [0.29, 0.717) is 12.5 Å². The van der Waals surface area contributed by atoms with Crippen LogP contribution in [0.3, 0.4) is 0 Å². The highest BCUT2D eigenvalue weighted by Gasteiger charge is 2.21. The Balaban J connectivity index is 0.00000338. The van der Waals surface area contributed by atoms with Gasteiger partial charge in [0, 0.05) is 58.2 Å². The topological polar surface area (TPSA) is 103 Å². The first-order valence-electron chi connectivity index (χ1n) is 8.39. The van der Waals surface area contributed by atoms with Gasteiger partial charge in [0.05, 0.1) is 5.75 Å². The third-order valence-corrected chi connectivity index (χ3v) is 5.27. The molecule has 9 nitrogen and oxygen atoms in total. The lowest BCUT2D eigenvalue weighted by molar-refractivity contribution is 0.371. The van der Waals surface area contributed by atoms with Crippen LogP contribution in [-0.2, 0) is 10.0 Å². The zero-order valence-corrected chi connectivity index (χ0v) is 18.6. The molecular weight excluding hydrogens is 469 g/mol. The van der Waals surface area contributed by atoms with Gasteiger partial charge in [0.2, 0.25) is 16.0 Å². The molecule has 0 amide bonds. The van der Waals surface area contributed by atoms with Crippen LogP contribution in [0, 0.1) is 0 Å². The van der Waals surface area contributed by atoms with E-state index in [1.807, 2.05) is 0 Å². The molecule has 0 atom stereocenters. The summed E-state index contributed by atoms with van der Waals surface area (Å²) in [5.41, 5.74) is 0. The molecule has 0 aromatic carbocycles. The number of halogens is 1. The van der Waals surface area contributed by atoms with Gasteiger partial charge in [-0.25, -0.2) is 23.1 Å². The van der Waals surface area contributed by atoms with Gasteiger partial charge in [0.15, 0.2) is 5.96 Å². The van der Waals surface area contributed by atoms with Gasteiger partial charge in [0.1, 0.15) is 0 Å². The molecule has 0 unspecified atom stereocenters. The van der Waals surface area contributed by atoms with Crippen LogP contribution in [0.1, 0.15) is 13.8 Å². The Labute approximate surface area is 172 Å². The average molecular weight is 497 g/mol. The van der Waals surface area contributed by atoms with Crippen molar-refractivity contribution in [3.63, 3.8) is 0 Å². The molecule has 2 heterocycles. The molecule has 2 N–H and O–H groups in total. The number of nitrogens with zero attached hydrogens (tertiary/aromatic N) is 5. The Hall–Kier alpha value is -1.21. The summed E-state index contributed by atoms with van der Waals surface area (Å²) in [5, 5.41) is 3.13. The summed E-state index contributed by atoms with van der Waals surface area (Å²) in [5.74, 6) is 1.46. The number of anilines is 1. The molecule has 1 aliphatic rings. The summed E-state index contributed by atoms with van der Waals surface area (Å²) >= 11 is 0. The van der Waals surface area contributed by atoms with Crippen LogP contribution in [0.2, 0.25) is 0 Å². The van der Waals surface area contributed by atoms with Crippen molar-refractivity contribution >= 4 is 45.9 Å². The maximum Gasteiger partial charge on any atom is 0.225 e. The van der Waals surface area contributed by atoms with Crippen molar-refractivity contribution < 1.29 is 8.42 Å². The van der Waals surface area contributed by atoms with E-state index in [4.69, 9.17) is 0 Å². The predicted molar refractivity (Wildman–Crippen MR) is 115 cm³/mol. The van der Waals surface area contributed by atoms with Gasteiger partial charge in [-0.1, -0.05) is 0 Å². The van der Waals surface area contributed by atoms with E-state index in [-0.39, 0.29) is 35.8 Å². The van der Waals surface area contributed by atoms with E-state index in [1.165, 1.54) is 0 Å². The lowest BCUT2D eigenvalue weighted by atomic mass is 10.3. The van der Waals surface area contributed by atoms with Crippen molar-refractivity contribution in [1.82, 2.24) is 24.9 Å². The Bertz CT molecular complexity index is 662. The second-order valence-electron chi connectivity index (χ2n) is 6.09. The van der Waals surface area contributed by atoms with Crippen LogP contribution in [0.5, 0.6) is 0 Å². The van der Waals surface area contributed by atoms with Crippen molar-refractivity contribution in [3.8, 4) is 0 Å². The molecule has 0 bridgehead atoms. The third-order valence-electron chi connectivity index (χ3n) is 3.70. The Morgan fingerprint density at radius 3 is 2.38 bits per heavy atom. The summed E-state index contributed by atoms with van der Waals surface area (Å²) in [7, 11) is -1.57. The lowest BCUT2D eigenvalue weighted by Crippen LogP contribution is -2.53. The summed E-state index contributed by atoms with van der Waals surface area (Å²) in [6.45, 7) is 7.05. The van der Waals surface area contributed by atoms with Crippen LogP contribution < -0.4 is 14.9 Å². The Morgan fingerprint density at radius 2 is 1.85 bits per heavy atom. The van der Waals surface area contributed by atoms with Gasteiger partial charge in [-0.2, -0.15) is 0 Å². The number of piperazine rings is 1. The predicted octanol–water partition coefficient (Wildman–Crippen LogP) is 0.120. The fraction of sp³-hybridized carbons (Fsp3) is 0.667. The van der Waals surface area contributed by atoms with E-state index >= 15 is 0 Å². The van der Waals surface area contributed by atoms with Crippen LogP contribution in [0.15, 0.2) is 23.5 Å². The van der Waals surface area contributed by atoms with Crippen LogP contribution in [-0.4, -0.2) is 80.8 Å². The highest BCUT2D eigenvalue weighted by molar-refractivity contribution is 14.0. The second kappa shape index (κ2) is 10.8. The zero-order chi connectivity index (χ0) is 18.3. The molecule has 1 aromatic heterocycles.